The van der Waals surface area contributed by atoms with Gasteiger partial charge in [-0.1, -0.05) is 180 Å². The van der Waals surface area contributed by atoms with Gasteiger partial charge in [0.15, 0.2) is 6.29 Å². The first kappa shape index (κ1) is 55.6. The van der Waals surface area contributed by atoms with Crippen molar-refractivity contribution in [3.63, 3.8) is 0 Å². The smallest absolute Gasteiger partial charge is 0.249 e. The largest absolute Gasteiger partial charge is 0.394 e. The van der Waals surface area contributed by atoms with Gasteiger partial charge in [-0.05, 0) is 38.2 Å². The summed E-state index contributed by atoms with van der Waals surface area (Å²) in [6.07, 6.45) is 22.8. The van der Waals surface area contributed by atoms with Gasteiger partial charge in [0.05, 0.1) is 37.6 Å². The first-order valence-electron chi connectivity index (χ1n) is 23.8. The van der Waals surface area contributed by atoms with Crippen LogP contribution in [0.5, 0.6) is 0 Å². The van der Waals surface area contributed by atoms with Crippen LogP contribution in [0.1, 0.15) is 194 Å². The van der Waals surface area contributed by atoms with E-state index < -0.39 is 80.3 Å². The number of unbranched alkanes of at least 4 members (excludes halogenated alkanes) is 21. The van der Waals surface area contributed by atoms with Crippen molar-refractivity contribution in [1.29, 1.82) is 0 Å². The number of amides is 1. The lowest BCUT2D eigenvalue weighted by Crippen LogP contribution is -2.60. The van der Waals surface area contributed by atoms with E-state index in [9.17, 15) is 45.6 Å². The van der Waals surface area contributed by atoms with E-state index >= 15 is 0 Å². The van der Waals surface area contributed by atoms with E-state index in [2.05, 4.69) is 19.2 Å². The summed E-state index contributed by atoms with van der Waals surface area (Å²) in [4.78, 5) is 13.1. The fraction of sp³-hybridized carbons (Fsp3) is 0.894. The number of carbonyl (C=O) groups excluding carboxylic acids is 1. The highest BCUT2D eigenvalue weighted by Gasteiger charge is 2.44. The quantitative estimate of drug-likeness (QED) is 0.0233. The van der Waals surface area contributed by atoms with Crippen LogP contribution in [0.15, 0.2) is 23.8 Å². The summed E-state index contributed by atoms with van der Waals surface area (Å²) in [7, 11) is 0. The van der Waals surface area contributed by atoms with Crippen LogP contribution in [0, 0.1) is 0 Å². The Balaban J connectivity index is 2.53. The average Bonchev–Trinajstić information content (AvgIpc) is 3.22. The lowest BCUT2D eigenvalue weighted by atomic mass is 9.99. The van der Waals surface area contributed by atoms with E-state index in [-0.39, 0.29) is 6.42 Å². The van der Waals surface area contributed by atoms with Crippen LogP contribution in [0.2, 0.25) is 0 Å². The lowest BCUT2D eigenvalue weighted by molar-refractivity contribution is -0.302. The summed E-state index contributed by atoms with van der Waals surface area (Å²) in [6.45, 7) is 5.16. The Bertz CT molecular complexity index is 1060. The van der Waals surface area contributed by atoms with E-state index in [1.807, 2.05) is 0 Å². The maximum absolute atomic E-state index is 13.1. The molecule has 12 nitrogen and oxygen atoms in total. The molecule has 1 saturated heterocycles. The Morgan fingerprint density at radius 1 is 0.644 bits per heavy atom. The van der Waals surface area contributed by atoms with Gasteiger partial charge in [-0.3, -0.25) is 4.79 Å². The molecule has 1 aliphatic rings. The maximum atomic E-state index is 13.1. The summed E-state index contributed by atoms with van der Waals surface area (Å²) in [5.41, 5.74) is 0.668. The zero-order valence-electron chi connectivity index (χ0n) is 37.3. The molecule has 0 bridgehead atoms. The Morgan fingerprint density at radius 2 is 1.12 bits per heavy atom. The van der Waals surface area contributed by atoms with Gasteiger partial charge in [0.1, 0.15) is 30.5 Å². The number of aliphatic hydroxyl groups excluding tert-OH is 8. The Kier molecular flexibility index (Phi) is 34.0. The van der Waals surface area contributed by atoms with Gasteiger partial charge in [-0.15, -0.1) is 0 Å². The van der Waals surface area contributed by atoms with Crippen LogP contribution in [0.3, 0.4) is 0 Å². The molecule has 10 unspecified atom stereocenters. The second-order valence-electron chi connectivity index (χ2n) is 17.2. The van der Waals surface area contributed by atoms with E-state index in [1.165, 1.54) is 102 Å². The number of ether oxygens (including phenoxy) is 2. The fourth-order valence-corrected chi connectivity index (χ4v) is 7.59. The van der Waals surface area contributed by atoms with Crippen LogP contribution < -0.4 is 5.32 Å². The molecule has 0 aromatic carbocycles. The summed E-state index contributed by atoms with van der Waals surface area (Å²) < 4.78 is 11.1. The number of nitrogens with one attached hydrogen (secondary N) is 1. The fourth-order valence-electron chi connectivity index (χ4n) is 7.59. The second kappa shape index (κ2) is 36.1. The number of rotatable bonds is 38. The number of allylic oxidation sites excluding steroid dienone is 1. The Hall–Kier alpha value is -1.45. The van der Waals surface area contributed by atoms with Crippen molar-refractivity contribution in [3.05, 3.63) is 23.8 Å². The molecule has 59 heavy (non-hydrogen) atoms. The van der Waals surface area contributed by atoms with Gasteiger partial charge in [0, 0.05) is 0 Å². The molecule has 0 saturated carbocycles. The van der Waals surface area contributed by atoms with Gasteiger partial charge in [-0.25, -0.2) is 0 Å². The van der Waals surface area contributed by atoms with Crippen molar-refractivity contribution >= 4 is 5.91 Å². The normalized spacial score (nSPS) is 22.7. The molecule has 0 aliphatic carbocycles. The SMILES string of the molecule is CCCCCCCCCCCCCCCCCCCCC(O)C(=O)NC(COC1OC(CO)C(O)C(O)C1O)C(O)C=CCCC(O)C(C)=CC(O)CCCCCCC. The van der Waals surface area contributed by atoms with Crippen molar-refractivity contribution in [3.8, 4) is 0 Å². The van der Waals surface area contributed by atoms with E-state index in [0.717, 1.165) is 44.9 Å². The third kappa shape index (κ3) is 26.6. The minimum Gasteiger partial charge on any atom is -0.394 e. The maximum Gasteiger partial charge on any atom is 0.249 e. The molecule has 10 atom stereocenters. The summed E-state index contributed by atoms with van der Waals surface area (Å²) in [5.74, 6) is -0.688. The van der Waals surface area contributed by atoms with E-state index in [4.69, 9.17) is 9.47 Å². The highest BCUT2D eigenvalue weighted by atomic mass is 16.7. The van der Waals surface area contributed by atoms with Crippen LogP contribution in [0.25, 0.3) is 0 Å². The van der Waals surface area contributed by atoms with Crippen LogP contribution in [-0.2, 0) is 14.3 Å². The minimum absolute atomic E-state index is 0.259. The standard InChI is InChI=1S/C47H89NO11/c1-4-6-8-10-11-12-13-14-15-16-17-18-19-20-21-22-24-26-32-41(53)46(57)48-38(35-58-47-45(56)44(55)43(54)42(34-49)59-47)40(52)31-28-27-30-39(51)36(3)33-37(50)29-25-23-9-7-5-2/h28,31,33,37-45,47,49-56H,4-27,29-30,32,34-35H2,1-3H3,(H,48,57). The molecule has 1 fully saturated rings. The molecule has 1 rings (SSSR count). The molecule has 0 spiro atoms. The first-order chi connectivity index (χ1) is 28.5. The van der Waals surface area contributed by atoms with E-state index in [1.54, 1.807) is 19.1 Å². The zero-order valence-corrected chi connectivity index (χ0v) is 37.3. The highest BCUT2D eigenvalue weighted by molar-refractivity contribution is 5.80. The predicted octanol–water partition coefficient (Wildman–Crippen LogP) is 6.81. The summed E-state index contributed by atoms with van der Waals surface area (Å²) >= 11 is 0. The number of carbonyl (C=O) groups is 1. The predicted molar refractivity (Wildman–Crippen MR) is 235 cm³/mol. The first-order valence-corrected chi connectivity index (χ1v) is 23.8. The molecule has 1 heterocycles. The van der Waals surface area contributed by atoms with Gasteiger partial charge in [0.2, 0.25) is 5.91 Å². The molecule has 1 aliphatic heterocycles. The lowest BCUT2D eigenvalue weighted by Gasteiger charge is -2.40. The summed E-state index contributed by atoms with van der Waals surface area (Å²) in [5, 5.41) is 85.7. The highest BCUT2D eigenvalue weighted by Crippen LogP contribution is 2.23. The Morgan fingerprint density at radius 3 is 1.61 bits per heavy atom. The van der Waals surface area contributed by atoms with Gasteiger partial charge in [0.25, 0.3) is 0 Å². The average molecular weight is 844 g/mol. The van der Waals surface area contributed by atoms with Gasteiger partial charge < -0.3 is 55.6 Å². The molecule has 348 valence electrons. The van der Waals surface area contributed by atoms with E-state index in [0.29, 0.717) is 31.3 Å². The van der Waals surface area contributed by atoms with Crippen LogP contribution >= 0.6 is 0 Å². The van der Waals surface area contributed by atoms with Gasteiger partial charge in [-0.2, -0.15) is 0 Å². The molecule has 0 radical (unpaired) electrons. The van der Waals surface area contributed by atoms with Gasteiger partial charge >= 0.3 is 0 Å². The second-order valence-corrected chi connectivity index (χ2v) is 17.2. The molecule has 0 aromatic rings. The molecule has 12 heteroatoms. The molecule has 1 amide bonds. The van der Waals surface area contributed by atoms with Crippen LogP contribution in [0.4, 0.5) is 0 Å². The van der Waals surface area contributed by atoms with Crippen molar-refractivity contribution in [2.45, 2.75) is 255 Å². The molecule has 9 N–H and O–H groups in total. The van der Waals surface area contributed by atoms with Crippen LogP contribution in [-0.4, -0.2) is 121 Å². The monoisotopic (exact) mass is 844 g/mol. The van der Waals surface area contributed by atoms with Crippen molar-refractivity contribution in [2.75, 3.05) is 13.2 Å². The van der Waals surface area contributed by atoms with Crippen molar-refractivity contribution < 1.29 is 55.1 Å². The minimum atomic E-state index is -1.66. The topological polar surface area (TPSA) is 209 Å². The summed E-state index contributed by atoms with van der Waals surface area (Å²) in [6, 6.07) is -1.10. The third-order valence-electron chi connectivity index (χ3n) is 11.7. The Labute approximate surface area is 357 Å². The third-order valence-corrected chi connectivity index (χ3v) is 11.7. The number of hydrogen-bond donors (Lipinski definition) is 9. The van der Waals surface area contributed by atoms with Crippen molar-refractivity contribution in [1.82, 2.24) is 5.32 Å². The van der Waals surface area contributed by atoms with Crippen molar-refractivity contribution in [2.24, 2.45) is 0 Å². The number of hydrogen-bond acceptors (Lipinski definition) is 11. The molecule has 0 aromatic heterocycles. The zero-order chi connectivity index (χ0) is 43.7. The molecular weight excluding hydrogens is 755 g/mol. The number of aliphatic hydroxyl groups is 8. The molecular formula is C47H89NO11.